The summed E-state index contributed by atoms with van der Waals surface area (Å²) >= 11 is 1.74. The summed E-state index contributed by atoms with van der Waals surface area (Å²) in [6.07, 6.45) is 10.2. The number of aromatic nitrogens is 2. The van der Waals surface area contributed by atoms with Gasteiger partial charge in [-0.05, 0) is 37.1 Å². The van der Waals surface area contributed by atoms with Crippen LogP contribution in [0.1, 0.15) is 49.6 Å². The van der Waals surface area contributed by atoms with Crippen LogP contribution in [-0.4, -0.2) is 15.5 Å². The molecule has 2 aromatic heterocycles. The number of carbonyl (C=O) groups excluding carboxylic acids is 1. The molecule has 1 fully saturated rings. The van der Waals surface area contributed by atoms with Crippen molar-refractivity contribution in [3.8, 4) is 0 Å². The van der Waals surface area contributed by atoms with Crippen LogP contribution in [0, 0.1) is 5.92 Å². The summed E-state index contributed by atoms with van der Waals surface area (Å²) in [5.74, 6) is 0.640. The first-order valence-electron chi connectivity index (χ1n) is 7.57. The van der Waals surface area contributed by atoms with E-state index in [1.165, 1.54) is 30.6 Å². The van der Waals surface area contributed by atoms with E-state index in [2.05, 4.69) is 27.8 Å². The Morgan fingerprint density at radius 1 is 1.48 bits per heavy atom. The lowest BCUT2D eigenvalue weighted by atomic mass is 9.96. The molecule has 21 heavy (non-hydrogen) atoms. The normalized spacial score (nSPS) is 18.5. The van der Waals surface area contributed by atoms with Crippen molar-refractivity contribution < 1.29 is 4.79 Å². The molecule has 3 rings (SSSR count). The van der Waals surface area contributed by atoms with Gasteiger partial charge in [0.1, 0.15) is 6.04 Å². The summed E-state index contributed by atoms with van der Waals surface area (Å²) in [4.78, 5) is 17.8. The van der Waals surface area contributed by atoms with Gasteiger partial charge in [0.05, 0.1) is 12.4 Å². The van der Waals surface area contributed by atoms with Gasteiger partial charge < -0.3 is 9.88 Å². The van der Waals surface area contributed by atoms with Gasteiger partial charge >= 0.3 is 0 Å². The molecule has 0 saturated heterocycles. The van der Waals surface area contributed by atoms with Gasteiger partial charge in [0, 0.05) is 17.3 Å². The van der Waals surface area contributed by atoms with E-state index in [0.717, 1.165) is 0 Å². The standard InChI is InChI=1S/C16H21N3OS/c1-12(19-9-8-17-11-19)16(20)18-15(13-5-2-3-6-13)14-7-4-10-21-14/h4,7-13,15H,2-3,5-6H2,1H3,(H,18,20)/t12-,15+/m0/s1. The quantitative estimate of drug-likeness (QED) is 0.918. The molecule has 0 radical (unpaired) electrons. The van der Waals surface area contributed by atoms with Crippen molar-refractivity contribution in [2.24, 2.45) is 5.92 Å². The maximum atomic E-state index is 12.5. The first kappa shape index (κ1) is 14.3. The maximum Gasteiger partial charge on any atom is 0.243 e. The third kappa shape index (κ3) is 3.18. The number of carbonyl (C=O) groups is 1. The summed E-state index contributed by atoms with van der Waals surface area (Å²) in [7, 11) is 0. The monoisotopic (exact) mass is 303 g/mol. The minimum atomic E-state index is -0.226. The third-order valence-corrected chi connectivity index (χ3v) is 5.33. The molecule has 0 aromatic carbocycles. The van der Waals surface area contributed by atoms with E-state index in [1.807, 2.05) is 17.7 Å². The predicted octanol–water partition coefficient (Wildman–Crippen LogP) is 3.55. The molecule has 0 unspecified atom stereocenters. The first-order chi connectivity index (χ1) is 10.3. The number of nitrogens with zero attached hydrogens (tertiary/aromatic N) is 2. The second kappa shape index (κ2) is 6.43. The lowest BCUT2D eigenvalue weighted by Crippen LogP contribution is -2.36. The van der Waals surface area contributed by atoms with Crippen LogP contribution >= 0.6 is 11.3 Å². The van der Waals surface area contributed by atoms with Gasteiger partial charge in [-0.25, -0.2) is 4.98 Å². The molecule has 4 nitrogen and oxygen atoms in total. The highest BCUT2D eigenvalue weighted by Gasteiger charge is 2.29. The summed E-state index contributed by atoms with van der Waals surface area (Å²) in [6, 6.07) is 4.13. The Kier molecular flexibility index (Phi) is 4.39. The van der Waals surface area contributed by atoms with Crippen molar-refractivity contribution in [1.29, 1.82) is 0 Å². The van der Waals surface area contributed by atoms with Crippen LogP contribution in [-0.2, 0) is 4.79 Å². The van der Waals surface area contributed by atoms with Crippen LogP contribution in [0.5, 0.6) is 0 Å². The number of hydrogen-bond acceptors (Lipinski definition) is 3. The molecule has 0 aliphatic heterocycles. The smallest absolute Gasteiger partial charge is 0.243 e. The molecule has 1 aliphatic rings. The Labute approximate surface area is 129 Å². The van der Waals surface area contributed by atoms with E-state index in [9.17, 15) is 4.79 Å². The van der Waals surface area contributed by atoms with Crippen molar-refractivity contribution in [2.45, 2.75) is 44.7 Å². The Morgan fingerprint density at radius 3 is 2.90 bits per heavy atom. The van der Waals surface area contributed by atoms with E-state index >= 15 is 0 Å². The molecule has 2 atom stereocenters. The van der Waals surface area contributed by atoms with Gasteiger partial charge in [-0.2, -0.15) is 0 Å². The van der Waals surface area contributed by atoms with Crippen LogP contribution in [0.3, 0.4) is 0 Å². The first-order valence-corrected chi connectivity index (χ1v) is 8.45. The van der Waals surface area contributed by atoms with Crippen molar-refractivity contribution in [3.05, 3.63) is 41.1 Å². The van der Waals surface area contributed by atoms with E-state index in [0.29, 0.717) is 5.92 Å². The van der Waals surface area contributed by atoms with E-state index < -0.39 is 0 Å². The molecule has 1 saturated carbocycles. The summed E-state index contributed by atoms with van der Waals surface area (Å²) < 4.78 is 1.84. The highest BCUT2D eigenvalue weighted by Crippen LogP contribution is 2.37. The van der Waals surface area contributed by atoms with E-state index in [4.69, 9.17) is 0 Å². The minimum Gasteiger partial charge on any atom is -0.346 e. The number of amides is 1. The summed E-state index contributed by atoms with van der Waals surface area (Å²) in [5, 5.41) is 5.36. The van der Waals surface area contributed by atoms with Gasteiger partial charge in [0.2, 0.25) is 5.91 Å². The molecule has 0 spiro atoms. The number of nitrogens with one attached hydrogen (secondary N) is 1. The number of rotatable bonds is 5. The van der Waals surface area contributed by atoms with Gasteiger partial charge in [0.15, 0.2) is 0 Å². The predicted molar refractivity (Wildman–Crippen MR) is 84.1 cm³/mol. The zero-order chi connectivity index (χ0) is 14.7. The highest BCUT2D eigenvalue weighted by molar-refractivity contribution is 7.10. The van der Waals surface area contributed by atoms with Crippen LogP contribution < -0.4 is 5.32 Å². The maximum absolute atomic E-state index is 12.5. The second-order valence-electron chi connectivity index (χ2n) is 5.73. The van der Waals surface area contributed by atoms with Crippen LogP contribution in [0.15, 0.2) is 36.2 Å². The molecule has 5 heteroatoms. The van der Waals surface area contributed by atoms with E-state index in [1.54, 1.807) is 23.9 Å². The molecule has 0 bridgehead atoms. The zero-order valence-electron chi connectivity index (χ0n) is 12.2. The van der Waals surface area contributed by atoms with Crippen molar-refractivity contribution in [3.63, 3.8) is 0 Å². The fourth-order valence-electron chi connectivity index (χ4n) is 3.09. The van der Waals surface area contributed by atoms with Crippen molar-refractivity contribution >= 4 is 17.2 Å². The van der Waals surface area contributed by atoms with Crippen LogP contribution in [0.2, 0.25) is 0 Å². The lowest BCUT2D eigenvalue weighted by molar-refractivity contribution is -0.125. The zero-order valence-corrected chi connectivity index (χ0v) is 13.1. The van der Waals surface area contributed by atoms with Crippen molar-refractivity contribution in [1.82, 2.24) is 14.9 Å². The van der Waals surface area contributed by atoms with Crippen LogP contribution in [0.4, 0.5) is 0 Å². The largest absolute Gasteiger partial charge is 0.346 e. The average Bonchev–Trinajstić information content (AvgIpc) is 3.27. The molecule has 1 amide bonds. The highest BCUT2D eigenvalue weighted by atomic mass is 32.1. The lowest BCUT2D eigenvalue weighted by Gasteiger charge is -2.25. The molecule has 2 heterocycles. The Morgan fingerprint density at radius 2 is 2.29 bits per heavy atom. The van der Waals surface area contributed by atoms with Gasteiger partial charge in [-0.15, -0.1) is 11.3 Å². The summed E-state index contributed by atoms with van der Waals surface area (Å²) in [5.41, 5.74) is 0. The molecule has 2 aromatic rings. The number of imidazole rings is 1. The molecule has 1 N–H and O–H groups in total. The molecular weight excluding hydrogens is 282 g/mol. The second-order valence-corrected chi connectivity index (χ2v) is 6.71. The Bertz CT molecular complexity index is 558. The molecule has 1 aliphatic carbocycles. The minimum absolute atomic E-state index is 0.0679. The SMILES string of the molecule is C[C@@H](C(=O)N[C@@H](c1cccs1)C1CCCC1)n1ccnc1. The van der Waals surface area contributed by atoms with Gasteiger partial charge in [-0.1, -0.05) is 18.9 Å². The topological polar surface area (TPSA) is 46.9 Å². The fourth-order valence-corrected chi connectivity index (χ4v) is 3.96. The average molecular weight is 303 g/mol. The molecular formula is C16H21N3OS. The number of hydrogen-bond donors (Lipinski definition) is 1. The fraction of sp³-hybridized carbons (Fsp3) is 0.500. The molecule has 112 valence electrons. The Hall–Kier alpha value is -1.62. The van der Waals surface area contributed by atoms with Crippen molar-refractivity contribution in [2.75, 3.05) is 0 Å². The Balaban J connectivity index is 1.73. The van der Waals surface area contributed by atoms with Gasteiger partial charge in [-0.3, -0.25) is 4.79 Å². The number of thiophene rings is 1. The van der Waals surface area contributed by atoms with Gasteiger partial charge in [0.25, 0.3) is 0 Å². The summed E-state index contributed by atoms with van der Waals surface area (Å²) in [6.45, 7) is 1.91. The van der Waals surface area contributed by atoms with E-state index in [-0.39, 0.29) is 18.0 Å². The van der Waals surface area contributed by atoms with Crippen LogP contribution in [0.25, 0.3) is 0 Å². The third-order valence-electron chi connectivity index (χ3n) is 4.37.